The first kappa shape index (κ1) is 16.9. The lowest BCUT2D eigenvalue weighted by atomic mass is 10.2. The highest BCUT2D eigenvalue weighted by Gasteiger charge is 2.14. The molecule has 7 heteroatoms. The number of hydrazine groups is 1. The summed E-state index contributed by atoms with van der Waals surface area (Å²) in [5, 5.41) is 0. The molecule has 3 N–H and O–H groups in total. The van der Waals surface area contributed by atoms with Crippen LogP contribution >= 0.6 is 0 Å². The van der Waals surface area contributed by atoms with Gasteiger partial charge in [0.1, 0.15) is 6.54 Å². The van der Waals surface area contributed by atoms with E-state index in [1.807, 2.05) is 6.92 Å². The summed E-state index contributed by atoms with van der Waals surface area (Å²) < 4.78 is 18.5. The minimum absolute atomic E-state index is 0.185. The lowest BCUT2D eigenvalue weighted by Crippen LogP contribution is -3.11. The first-order valence-electron chi connectivity index (χ1n) is 6.67. The SMILES string of the molecule is CC[NH+](CC(=O)NNC(C)=O)Cc1ccc(OC)c(F)c1. The fourth-order valence-electron chi connectivity index (χ4n) is 1.85. The second-order valence-corrected chi connectivity index (χ2v) is 4.66. The molecule has 0 aliphatic heterocycles. The van der Waals surface area contributed by atoms with Gasteiger partial charge in [0.2, 0.25) is 5.91 Å². The molecule has 0 radical (unpaired) electrons. The van der Waals surface area contributed by atoms with Crippen LogP contribution < -0.4 is 20.5 Å². The summed E-state index contributed by atoms with van der Waals surface area (Å²) in [5.74, 6) is -0.858. The van der Waals surface area contributed by atoms with Crippen molar-refractivity contribution in [2.75, 3.05) is 20.2 Å². The molecule has 6 nitrogen and oxygen atoms in total. The molecule has 1 aromatic carbocycles. The maximum atomic E-state index is 13.6. The normalized spacial score (nSPS) is 11.6. The Hall–Kier alpha value is -2.15. The van der Waals surface area contributed by atoms with E-state index in [0.29, 0.717) is 13.1 Å². The molecule has 0 aliphatic carbocycles. The summed E-state index contributed by atoms with van der Waals surface area (Å²) in [6.45, 7) is 4.63. The van der Waals surface area contributed by atoms with Gasteiger partial charge in [-0.05, 0) is 25.1 Å². The molecule has 0 aromatic heterocycles. The summed E-state index contributed by atoms with van der Waals surface area (Å²) in [6.07, 6.45) is 0. The van der Waals surface area contributed by atoms with Crippen molar-refractivity contribution in [1.29, 1.82) is 0 Å². The van der Waals surface area contributed by atoms with Gasteiger partial charge < -0.3 is 9.64 Å². The van der Waals surface area contributed by atoms with Crippen LogP contribution in [0.2, 0.25) is 0 Å². The van der Waals surface area contributed by atoms with Gasteiger partial charge in [-0.1, -0.05) is 0 Å². The molecule has 0 aliphatic rings. The van der Waals surface area contributed by atoms with E-state index >= 15 is 0 Å². The number of ether oxygens (including phenoxy) is 1. The minimum atomic E-state index is -0.423. The summed E-state index contributed by atoms with van der Waals surface area (Å²) in [5.41, 5.74) is 5.32. The van der Waals surface area contributed by atoms with Gasteiger partial charge >= 0.3 is 0 Å². The van der Waals surface area contributed by atoms with E-state index in [4.69, 9.17) is 4.74 Å². The molecule has 0 heterocycles. The second kappa shape index (κ2) is 8.21. The van der Waals surface area contributed by atoms with Crippen LogP contribution in [0.4, 0.5) is 4.39 Å². The van der Waals surface area contributed by atoms with Crippen molar-refractivity contribution in [3.05, 3.63) is 29.6 Å². The minimum Gasteiger partial charge on any atom is -0.494 e. The Morgan fingerprint density at radius 2 is 2.05 bits per heavy atom. The number of hydrogen-bond donors (Lipinski definition) is 3. The number of carbonyl (C=O) groups is 2. The van der Waals surface area contributed by atoms with Crippen molar-refractivity contribution >= 4 is 11.8 Å². The van der Waals surface area contributed by atoms with Crippen LogP contribution in [0.3, 0.4) is 0 Å². The van der Waals surface area contributed by atoms with Gasteiger partial charge in [-0.15, -0.1) is 0 Å². The van der Waals surface area contributed by atoms with Crippen molar-refractivity contribution in [2.45, 2.75) is 20.4 Å². The third kappa shape index (κ3) is 5.78. The van der Waals surface area contributed by atoms with Gasteiger partial charge in [0, 0.05) is 12.5 Å². The van der Waals surface area contributed by atoms with Gasteiger partial charge in [0.15, 0.2) is 18.1 Å². The van der Waals surface area contributed by atoms with Crippen LogP contribution in [0.25, 0.3) is 0 Å². The highest BCUT2D eigenvalue weighted by Crippen LogP contribution is 2.16. The Morgan fingerprint density at radius 1 is 1.33 bits per heavy atom. The number of benzene rings is 1. The number of methoxy groups -OCH3 is 1. The van der Waals surface area contributed by atoms with E-state index in [2.05, 4.69) is 10.9 Å². The predicted molar refractivity (Wildman–Crippen MR) is 75.0 cm³/mol. The molecular formula is C14H21FN3O3+. The van der Waals surface area contributed by atoms with Gasteiger partial charge in [0.05, 0.1) is 13.7 Å². The third-order valence-corrected chi connectivity index (χ3v) is 2.96. The van der Waals surface area contributed by atoms with Crippen LogP contribution in [0, 0.1) is 5.82 Å². The molecule has 0 saturated carbocycles. The van der Waals surface area contributed by atoms with Crippen LogP contribution in [-0.2, 0) is 16.1 Å². The molecule has 21 heavy (non-hydrogen) atoms. The number of carbonyl (C=O) groups excluding carboxylic acids is 2. The molecule has 1 atom stereocenters. The van der Waals surface area contributed by atoms with Gasteiger partial charge in [-0.3, -0.25) is 20.4 Å². The van der Waals surface area contributed by atoms with Gasteiger partial charge in [-0.2, -0.15) is 0 Å². The Balaban J connectivity index is 2.59. The molecule has 0 spiro atoms. The standard InChI is InChI=1S/C14H20FN3O3/c1-4-18(9-14(20)17-16-10(2)19)8-11-5-6-13(21-3)12(15)7-11/h5-7H,4,8-9H2,1-3H3,(H,16,19)(H,17,20)/p+1. The van der Waals surface area contributed by atoms with Gasteiger partial charge in [-0.25, -0.2) is 4.39 Å². The highest BCUT2D eigenvalue weighted by atomic mass is 19.1. The molecule has 0 saturated heterocycles. The molecule has 0 fully saturated rings. The number of hydrogen-bond acceptors (Lipinski definition) is 3. The quantitative estimate of drug-likeness (QED) is 0.615. The zero-order chi connectivity index (χ0) is 15.8. The topological polar surface area (TPSA) is 71.9 Å². The monoisotopic (exact) mass is 298 g/mol. The van der Waals surface area contributed by atoms with Crippen LogP contribution in [0.5, 0.6) is 5.75 Å². The summed E-state index contributed by atoms with van der Waals surface area (Å²) in [4.78, 5) is 23.3. The Morgan fingerprint density at radius 3 is 2.57 bits per heavy atom. The average Bonchev–Trinajstić information content (AvgIpc) is 2.44. The number of halogens is 1. The number of quaternary nitrogens is 1. The number of rotatable bonds is 6. The fraction of sp³-hybridized carbons (Fsp3) is 0.429. The van der Waals surface area contributed by atoms with E-state index in [0.717, 1.165) is 10.5 Å². The largest absolute Gasteiger partial charge is 0.494 e. The number of nitrogens with one attached hydrogen (secondary N) is 3. The molecule has 1 rings (SSSR count). The zero-order valence-electron chi connectivity index (χ0n) is 12.5. The Labute approximate surface area is 123 Å². The Kier molecular flexibility index (Phi) is 6.61. The van der Waals surface area contributed by atoms with Gasteiger partial charge in [0.25, 0.3) is 5.91 Å². The highest BCUT2D eigenvalue weighted by molar-refractivity contribution is 5.81. The maximum Gasteiger partial charge on any atom is 0.293 e. The number of likely N-dealkylation sites (N-methyl/N-ethyl adjacent to an activating group) is 1. The lowest BCUT2D eigenvalue weighted by Gasteiger charge is -2.17. The third-order valence-electron chi connectivity index (χ3n) is 2.96. The zero-order valence-corrected chi connectivity index (χ0v) is 12.5. The fourth-order valence-corrected chi connectivity index (χ4v) is 1.85. The van der Waals surface area contributed by atoms with E-state index < -0.39 is 5.82 Å². The predicted octanol–water partition coefficient (Wildman–Crippen LogP) is -0.594. The molecule has 1 unspecified atom stereocenters. The lowest BCUT2D eigenvalue weighted by molar-refractivity contribution is -0.904. The van der Waals surface area contributed by atoms with Crippen molar-refractivity contribution in [3.63, 3.8) is 0 Å². The van der Waals surface area contributed by atoms with Crippen molar-refractivity contribution in [3.8, 4) is 5.75 Å². The molecule has 2 amide bonds. The number of amides is 2. The van der Waals surface area contributed by atoms with Crippen LogP contribution in [-0.4, -0.2) is 32.0 Å². The Bertz CT molecular complexity index is 508. The van der Waals surface area contributed by atoms with Crippen molar-refractivity contribution in [2.24, 2.45) is 0 Å². The second-order valence-electron chi connectivity index (χ2n) is 4.66. The van der Waals surface area contributed by atoms with Crippen molar-refractivity contribution in [1.82, 2.24) is 10.9 Å². The maximum absolute atomic E-state index is 13.6. The molecule has 1 aromatic rings. The average molecular weight is 298 g/mol. The van der Waals surface area contributed by atoms with E-state index in [-0.39, 0.29) is 24.1 Å². The molecular weight excluding hydrogens is 277 g/mol. The van der Waals surface area contributed by atoms with E-state index in [9.17, 15) is 14.0 Å². The van der Waals surface area contributed by atoms with Crippen LogP contribution in [0.1, 0.15) is 19.4 Å². The summed E-state index contributed by atoms with van der Waals surface area (Å²) in [6, 6.07) is 4.73. The molecule has 116 valence electrons. The van der Waals surface area contributed by atoms with Crippen molar-refractivity contribution < 1.29 is 23.6 Å². The summed E-state index contributed by atoms with van der Waals surface area (Å²) in [7, 11) is 1.41. The first-order valence-corrected chi connectivity index (χ1v) is 6.67. The first-order chi connectivity index (χ1) is 9.96. The van der Waals surface area contributed by atoms with E-state index in [1.165, 1.54) is 20.1 Å². The smallest absolute Gasteiger partial charge is 0.293 e. The van der Waals surface area contributed by atoms with Crippen LogP contribution in [0.15, 0.2) is 18.2 Å². The molecule has 0 bridgehead atoms. The van der Waals surface area contributed by atoms with E-state index in [1.54, 1.807) is 12.1 Å². The summed E-state index contributed by atoms with van der Waals surface area (Å²) >= 11 is 0.